The van der Waals surface area contributed by atoms with Crippen LogP contribution in [-0.4, -0.2) is 33.5 Å². The number of sulfonamides is 1. The first-order valence-corrected chi connectivity index (χ1v) is 9.86. The van der Waals surface area contributed by atoms with Gasteiger partial charge in [-0.25, -0.2) is 13.1 Å². The minimum atomic E-state index is -3.78. The van der Waals surface area contributed by atoms with Gasteiger partial charge in [0.2, 0.25) is 10.0 Å². The summed E-state index contributed by atoms with van der Waals surface area (Å²) in [5.74, 6) is -0.124. The monoisotopic (exact) mass is 397 g/mol. The summed E-state index contributed by atoms with van der Waals surface area (Å²) in [4.78, 5) is 14.1. The van der Waals surface area contributed by atoms with Gasteiger partial charge in [-0.1, -0.05) is 26.0 Å². The SMILES string of the molecule is CCC(CC)(CN)NS(=O)(=O)c1ccc2c3c(cccc13)C(=O)N2C.Cl. The molecule has 0 saturated carbocycles. The van der Waals surface area contributed by atoms with Crippen molar-refractivity contribution in [1.29, 1.82) is 0 Å². The number of carbonyl (C=O) groups is 1. The van der Waals surface area contributed by atoms with Crippen molar-refractivity contribution in [3.05, 3.63) is 35.9 Å². The summed E-state index contributed by atoms with van der Waals surface area (Å²) >= 11 is 0. The molecule has 0 aromatic heterocycles. The highest BCUT2D eigenvalue weighted by Gasteiger charge is 2.34. The van der Waals surface area contributed by atoms with Crippen LogP contribution in [0.25, 0.3) is 10.8 Å². The first kappa shape index (κ1) is 20.6. The maximum atomic E-state index is 13.1. The molecule has 6 nitrogen and oxygen atoms in total. The molecule has 0 unspecified atom stereocenters. The number of rotatable bonds is 6. The molecule has 1 heterocycles. The minimum Gasteiger partial charge on any atom is -0.329 e. The van der Waals surface area contributed by atoms with E-state index in [1.54, 1.807) is 42.3 Å². The predicted octanol–water partition coefficient (Wildman–Crippen LogP) is 2.65. The second-order valence-corrected chi connectivity index (χ2v) is 8.12. The van der Waals surface area contributed by atoms with Crippen molar-refractivity contribution in [3.63, 3.8) is 0 Å². The Bertz CT molecular complexity index is 947. The van der Waals surface area contributed by atoms with Crippen molar-refractivity contribution in [3.8, 4) is 0 Å². The Kier molecular flexibility index (Phi) is 5.68. The van der Waals surface area contributed by atoms with Gasteiger partial charge >= 0.3 is 0 Å². The zero-order valence-corrected chi connectivity index (χ0v) is 16.7. The summed E-state index contributed by atoms with van der Waals surface area (Å²) in [6.45, 7) is 4.06. The lowest BCUT2D eigenvalue weighted by atomic mass is 9.95. The van der Waals surface area contributed by atoms with Gasteiger partial charge in [0, 0.05) is 35.5 Å². The van der Waals surface area contributed by atoms with E-state index in [0.29, 0.717) is 29.2 Å². The van der Waals surface area contributed by atoms with Crippen molar-refractivity contribution < 1.29 is 13.2 Å². The summed E-state index contributed by atoms with van der Waals surface area (Å²) < 4.78 is 29.0. The molecule has 1 aliphatic rings. The van der Waals surface area contributed by atoms with E-state index in [1.165, 1.54) is 0 Å². The van der Waals surface area contributed by atoms with Gasteiger partial charge in [-0.15, -0.1) is 12.4 Å². The van der Waals surface area contributed by atoms with Gasteiger partial charge < -0.3 is 10.6 Å². The Morgan fingerprint density at radius 1 is 1.15 bits per heavy atom. The summed E-state index contributed by atoms with van der Waals surface area (Å²) in [5, 5.41) is 1.24. The van der Waals surface area contributed by atoms with Crippen molar-refractivity contribution in [2.75, 3.05) is 18.5 Å². The third kappa shape index (κ3) is 2.99. The van der Waals surface area contributed by atoms with Crippen molar-refractivity contribution in [2.24, 2.45) is 5.73 Å². The summed E-state index contributed by atoms with van der Waals surface area (Å²) in [5.41, 5.74) is 6.43. The van der Waals surface area contributed by atoms with Crippen LogP contribution in [0, 0.1) is 0 Å². The van der Waals surface area contributed by atoms with Crippen LogP contribution < -0.4 is 15.4 Å². The zero-order valence-electron chi connectivity index (χ0n) is 15.1. The molecule has 0 spiro atoms. The molecule has 0 saturated heterocycles. The number of nitrogens with one attached hydrogen (secondary N) is 1. The van der Waals surface area contributed by atoms with Crippen molar-refractivity contribution in [1.82, 2.24) is 4.72 Å². The molecule has 1 aliphatic heterocycles. The third-order valence-electron chi connectivity index (χ3n) is 5.26. The van der Waals surface area contributed by atoms with E-state index in [2.05, 4.69) is 4.72 Å². The van der Waals surface area contributed by atoms with Gasteiger partial charge in [-0.2, -0.15) is 0 Å². The number of anilines is 1. The van der Waals surface area contributed by atoms with E-state index in [9.17, 15) is 13.2 Å². The normalized spacial score (nSPS) is 14.0. The molecule has 26 heavy (non-hydrogen) atoms. The Hall–Kier alpha value is -1.67. The van der Waals surface area contributed by atoms with Gasteiger partial charge in [-0.05, 0) is 31.0 Å². The number of nitrogens with two attached hydrogens (primary N) is 1. The molecule has 2 aromatic carbocycles. The van der Waals surface area contributed by atoms with E-state index in [0.717, 1.165) is 5.69 Å². The number of hydrogen-bond acceptors (Lipinski definition) is 4. The smallest absolute Gasteiger partial charge is 0.258 e. The summed E-state index contributed by atoms with van der Waals surface area (Å²) in [7, 11) is -2.09. The van der Waals surface area contributed by atoms with E-state index in [4.69, 9.17) is 5.73 Å². The van der Waals surface area contributed by atoms with Crippen LogP contribution >= 0.6 is 12.4 Å². The van der Waals surface area contributed by atoms with Crippen molar-refractivity contribution >= 4 is 44.8 Å². The van der Waals surface area contributed by atoms with Gasteiger partial charge in [0.1, 0.15) is 0 Å². The Balaban J connectivity index is 0.00000243. The van der Waals surface area contributed by atoms with Crippen LogP contribution in [0.3, 0.4) is 0 Å². The van der Waals surface area contributed by atoms with Crippen LogP contribution in [0.2, 0.25) is 0 Å². The maximum Gasteiger partial charge on any atom is 0.258 e. The fraction of sp³-hybridized carbons (Fsp3) is 0.389. The van der Waals surface area contributed by atoms with Gasteiger partial charge in [0.15, 0.2) is 0 Å². The second-order valence-electron chi connectivity index (χ2n) is 6.47. The van der Waals surface area contributed by atoms with Gasteiger partial charge in [0.25, 0.3) is 5.91 Å². The molecule has 3 N–H and O–H groups in total. The first-order chi connectivity index (χ1) is 11.8. The zero-order chi connectivity index (χ0) is 18.4. The molecule has 0 atom stereocenters. The maximum absolute atomic E-state index is 13.1. The molecule has 0 bridgehead atoms. The molecule has 3 rings (SSSR count). The summed E-state index contributed by atoms with van der Waals surface area (Å²) in [6.07, 6.45) is 1.20. The lowest BCUT2D eigenvalue weighted by molar-refractivity contribution is 0.0999. The molecule has 0 radical (unpaired) electrons. The molecule has 142 valence electrons. The van der Waals surface area contributed by atoms with E-state index in [-0.39, 0.29) is 29.8 Å². The molecule has 0 aliphatic carbocycles. The van der Waals surface area contributed by atoms with Crippen LogP contribution in [0.5, 0.6) is 0 Å². The highest BCUT2D eigenvalue weighted by molar-refractivity contribution is 7.89. The average molecular weight is 398 g/mol. The summed E-state index contributed by atoms with van der Waals surface area (Å²) in [6, 6.07) is 8.43. The van der Waals surface area contributed by atoms with Crippen LogP contribution in [-0.2, 0) is 10.0 Å². The third-order valence-corrected chi connectivity index (χ3v) is 6.90. The average Bonchev–Trinajstić information content (AvgIpc) is 2.87. The lowest BCUT2D eigenvalue weighted by Gasteiger charge is -2.31. The topological polar surface area (TPSA) is 92.5 Å². The van der Waals surface area contributed by atoms with Crippen molar-refractivity contribution in [2.45, 2.75) is 37.1 Å². The first-order valence-electron chi connectivity index (χ1n) is 8.38. The number of benzene rings is 2. The lowest BCUT2D eigenvalue weighted by Crippen LogP contribution is -2.52. The molecule has 0 fully saturated rings. The standard InChI is InChI=1S/C18H23N3O3S.ClH/c1-4-18(5-2,11-19)20-25(23,24)15-10-9-14-16-12(15)7-6-8-13(16)17(22)21(14)3;/h6-10,20H,4-5,11,19H2,1-3H3;1H. The fourth-order valence-electron chi connectivity index (χ4n) is 3.41. The van der Waals surface area contributed by atoms with E-state index >= 15 is 0 Å². The number of nitrogens with zero attached hydrogens (tertiary/aromatic N) is 1. The van der Waals surface area contributed by atoms with Crippen LogP contribution in [0.4, 0.5) is 5.69 Å². The van der Waals surface area contributed by atoms with Gasteiger partial charge in [0.05, 0.1) is 10.6 Å². The van der Waals surface area contributed by atoms with E-state index < -0.39 is 15.6 Å². The fourth-order valence-corrected chi connectivity index (χ4v) is 5.17. The molecular weight excluding hydrogens is 374 g/mol. The largest absolute Gasteiger partial charge is 0.329 e. The Labute approximate surface area is 160 Å². The van der Waals surface area contributed by atoms with Crippen LogP contribution in [0.1, 0.15) is 37.0 Å². The molecule has 8 heteroatoms. The van der Waals surface area contributed by atoms with Gasteiger partial charge in [-0.3, -0.25) is 4.79 Å². The second kappa shape index (κ2) is 7.15. The number of amides is 1. The predicted molar refractivity (Wildman–Crippen MR) is 107 cm³/mol. The number of hydrogen-bond donors (Lipinski definition) is 2. The Morgan fingerprint density at radius 3 is 2.38 bits per heavy atom. The molecule has 1 amide bonds. The minimum absolute atomic E-state index is 0. The van der Waals surface area contributed by atoms with E-state index in [1.807, 2.05) is 13.8 Å². The van der Waals surface area contributed by atoms with Crippen LogP contribution in [0.15, 0.2) is 35.2 Å². The molecule has 2 aromatic rings. The highest BCUT2D eigenvalue weighted by atomic mass is 35.5. The highest BCUT2D eigenvalue weighted by Crippen LogP contribution is 2.39. The number of halogens is 1. The quantitative estimate of drug-likeness (QED) is 0.783. The Morgan fingerprint density at radius 2 is 1.81 bits per heavy atom. The molecular formula is C18H24ClN3O3S. The number of carbonyl (C=O) groups excluding carboxylic acids is 1.